The van der Waals surface area contributed by atoms with Gasteiger partial charge in [0.25, 0.3) is 5.56 Å². The molecule has 2 atom stereocenters. The normalized spacial score (nSPS) is 21.8. The Balaban J connectivity index is 2.01. The summed E-state index contributed by atoms with van der Waals surface area (Å²) in [6.45, 7) is 0.0568. The molecular formula is C16H18N2O6S2. The van der Waals surface area contributed by atoms with Crippen molar-refractivity contribution in [3.05, 3.63) is 34.6 Å². The molecule has 140 valence electrons. The zero-order valence-electron chi connectivity index (χ0n) is 14.0. The highest BCUT2D eigenvalue weighted by molar-refractivity contribution is 8.01. The van der Waals surface area contributed by atoms with Crippen molar-refractivity contribution in [2.75, 3.05) is 18.6 Å². The standard InChI is InChI=1S/C16H18N2O6S2/c1-24-14(20)6-7-18-15(21)10-4-2-3-5-11(10)17-16(18)25-13-9-26(22,23)8-12(13)19/h2-5,12-13,19H,6-9H2,1H3/t12-,13-/m0/s1. The third-order valence-electron chi connectivity index (χ3n) is 4.12. The zero-order chi connectivity index (χ0) is 18.9. The van der Waals surface area contributed by atoms with Crippen LogP contribution in [0.15, 0.2) is 34.2 Å². The number of carbonyl (C=O) groups is 1. The number of aliphatic hydroxyl groups is 1. The van der Waals surface area contributed by atoms with Crippen LogP contribution in [0.1, 0.15) is 6.42 Å². The summed E-state index contributed by atoms with van der Waals surface area (Å²) in [4.78, 5) is 28.7. The summed E-state index contributed by atoms with van der Waals surface area (Å²) in [6.07, 6.45) is -1.04. The molecule has 2 heterocycles. The Hall–Kier alpha value is -1.91. The molecule has 1 aromatic carbocycles. The highest BCUT2D eigenvalue weighted by Crippen LogP contribution is 2.30. The Morgan fingerprint density at radius 2 is 2.12 bits per heavy atom. The van der Waals surface area contributed by atoms with Crippen molar-refractivity contribution in [1.29, 1.82) is 0 Å². The fourth-order valence-corrected chi connectivity index (χ4v) is 6.39. The Morgan fingerprint density at radius 1 is 1.38 bits per heavy atom. The van der Waals surface area contributed by atoms with Gasteiger partial charge in [-0.3, -0.25) is 14.2 Å². The second-order valence-electron chi connectivity index (χ2n) is 6.00. The summed E-state index contributed by atoms with van der Waals surface area (Å²) in [5.74, 6) is -0.951. The number of esters is 1. The van der Waals surface area contributed by atoms with Gasteiger partial charge in [0.05, 0.1) is 47.3 Å². The SMILES string of the molecule is COC(=O)CCn1c(S[C@H]2CS(=O)(=O)C[C@@H]2O)nc2ccccc2c1=O. The van der Waals surface area contributed by atoms with E-state index in [1.807, 2.05) is 0 Å². The number of sulfone groups is 1. The van der Waals surface area contributed by atoms with E-state index in [2.05, 4.69) is 9.72 Å². The van der Waals surface area contributed by atoms with Gasteiger partial charge in [0, 0.05) is 6.54 Å². The maximum Gasteiger partial charge on any atom is 0.307 e. The minimum Gasteiger partial charge on any atom is -0.469 e. The molecule has 0 amide bonds. The van der Waals surface area contributed by atoms with Gasteiger partial charge < -0.3 is 9.84 Å². The molecule has 0 radical (unpaired) electrons. The predicted molar refractivity (Wildman–Crippen MR) is 96.9 cm³/mol. The molecule has 1 saturated heterocycles. The molecule has 3 rings (SSSR count). The van der Waals surface area contributed by atoms with Crippen LogP contribution in [0.3, 0.4) is 0 Å². The molecule has 1 aromatic heterocycles. The number of hydrogen-bond donors (Lipinski definition) is 1. The van der Waals surface area contributed by atoms with Gasteiger partial charge in [-0.25, -0.2) is 13.4 Å². The second kappa shape index (κ2) is 7.37. The van der Waals surface area contributed by atoms with Crippen LogP contribution in [-0.2, 0) is 25.9 Å². The molecule has 0 bridgehead atoms. The summed E-state index contributed by atoms with van der Waals surface area (Å²) >= 11 is 1.05. The number of para-hydroxylation sites is 1. The second-order valence-corrected chi connectivity index (χ2v) is 9.36. The van der Waals surface area contributed by atoms with Gasteiger partial charge in [0.2, 0.25) is 0 Å². The Bertz CT molecular complexity index is 1000. The van der Waals surface area contributed by atoms with E-state index in [4.69, 9.17) is 0 Å². The van der Waals surface area contributed by atoms with Crippen LogP contribution in [0.5, 0.6) is 0 Å². The lowest BCUT2D eigenvalue weighted by Gasteiger charge is -2.16. The summed E-state index contributed by atoms with van der Waals surface area (Å²) in [5.41, 5.74) is 0.155. The van der Waals surface area contributed by atoms with Gasteiger partial charge in [-0.1, -0.05) is 23.9 Å². The lowest BCUT2D eigenvalue weighted by Crippen LogP contribution is -2.27. The van der Waals surface area contributed by atoms with Crippen LogP contribution in [0.4, 0.5) is 0 Å². The number of methoxy groups -OCH3 is 1. The van der Waals surface area contributed by atoms with Crippen molar-refractivity contribution < 1.29 is 23.1 Å². The van der Waals surface area contributed by atoms with Crippen LogP contribution >= 0.6 is 11.8 Å². The molecule has 0 saturated carbocycles. The number of carbonyl (C=O) groups excluding carboxylic acids is 1. The fraction of sp³-hybridized carbons (Fsp3) is 0.438. The molecule has 26 heavy (non-hydrogen) atoms. The average molecular weight is 398 g/mol. The van der Waals surface area contributed by atoms with Crippen molar-refractivity contribution in [3.8, 4) is 0 Å². The van der Waals surface area contributed by atoms with Crippen LogP contribution in [-0.4, -0.2) is 59.0 Å². The summed E-state index contributed by atoms with van der Waals surface area (Å²) in [6, 6.07) is 6.79. The molecule has 1 aliphatic rings. The van der Waals surface area contributed by atoms with Crippen molar-refractivity contribution >= 4 is 38.5 Å². The summed E-state index contributed by atoms with van der Waals surface area (Å²) < 4.78 is 29.4. The van der Waals surface area contributed by atoms with Gasteiger partial charge >= 0.3 is 5.97 Å². The Labute approximate surface area is 154 Å². The monoisotopic (exact) mass is 398 g/mol. The smallest absolute Gasteiger partial charge is 0.307 e. The Morgan fingerprint density at radius 3 is 2.77 bits per heavy atom. The lowest BCUT2D eigenvalue weighted by molar-refractivity contribution is -0.140. The minimum absolute atomic E-state index is 0.0183. The van der Waals surface area contributed by atoms with Crippen LogP contribution < -0.4 is 5.56 Å². The number of aliphatic hydroxyl groups excluding tert-OH is 1. The Kier molecular flexibility index (Phi) is 5.35. The predicted octanol–water partition coefficient (Wildman–Crippen LogP) is 0.210. The van der Waals surface area contributed by atoms with E-state index in [1.165, 1.54) is 11.7 Å². The quantitative estimate of drug-likeness (QED) is 0.561. The van der Waals surface area contributed by atoms with Crippen LogP contribution in [0, 0.1) is 0 Å². The highest BCUT2D eigenvalue weighted by Gasteiger charge is 2.38. The molecule has 1 aliphatic heterocycles. The molecule has 10 heteroatoms. The van der Waals surface area contributed by atoms with Crippen molar-refractivity contribution in [2.45, 2.75) is 29.5 Å². The summed E-state index contributed by atoms with van der Waals surface area (Å²) in [7, 11) is -2.06. The molecule has 1 fully saturated rings. The number of aromatic nitrogens is 2. The van der Waals surface area contributed by atoms with E-state index < -0.39 is 27.2 Å². The average Bonchev–Trinajstić information content (AvgIpc) is 2.86. The molecular weight excluding hydrogens is 380 g/mol. The van der Waals surface area contributed by atoms with E-state index >= 15 is 0 Å². The third-order valence-corrected chi connectivity index (χ3v) is 7.36. The van der Waals surface area contributed by atoms with Gasteiger partial charge in [-0.05, 0) is 12.1 Å². The maximum absolute atomic E-state index is 12.8. The molecule has 0 spiro atoms. The molecule has 1 N–H and O–H groups in total. The number of thioether (sulfide) groups is 1. The highest BCUT2D eigenvalue weighted by atomic mass is 32.2. The lowest BCUT2D eigenvalue weighted by atomic mass is 10.2. The first kappa shape index (κ1) is 18.9. The maximum atomic E-state index is 12.8. The van der Waals surface area contributed by atoms with Gasteiger partial charge in [-0.15, -0.1) is 0 Å². The molecule has 0 unspecified atom stereocenters. The molecule has 8 nitrogen and oxygen atoms in total. The largest absolute Gasteiger partial charge is 0.469 e. The van der Waals surface area contributed by atoms with Crippen molar-refractivity contribution in [3.63, 3.8) is 0 Å². The van der Waals surface area contributed by atoms with Gasteiger partial charge in [0.1, 0.15) is 0 Å². The van der Waals surface area contributed by atoms with Crippen molar-refractivity contribution in [1.82, 2.24) is 9.55 Å². The van der Waals surface area contributed by atoms with E-state index in [-0.39, 0.29) is 35.2 Å². The summed E-state index contributed by atoms with van der Waals surface area (Å²) in [5, 5.41) is 10.1. The first-order valence-corrected chi connectivity index (χ1v) is 10.6. The number of benzene rings is 1. The molecule has 2 aromatic rings. The van der Waals surface area contributed by atoms with Crippen LogP contribution in [0.2, 0.25) is 0 Å². The van der Waals surface area contributed by atoms with Crippen LogP contribution in [0.25, 0.3) is 10.9 Å². The van der Waals surface area contributed by atoms with E-state index in [1.54, 1.807) is 24.3 Å². The first-order chi connectivity index (χ1) is 12.3. The number of rotatable bonds is 5. The third kappa shape index (κ3) is 3.92. The van der Waals surface area contributed by atoms with E-state index in [0.717, 1.165) is 11.8 Å². The van der Waals surface area contributed by atoms with E-state index in [9.17, 15) is 23.1 Å². The first-order valence-electron chi connectivity index (χ1n) is 7.92. The molecule has 0 aliphatic carbocycles. The fourth-order valence-electron chi connectivity index (χ4n) is 2.78. The number of ether oxygens (including phenoxy) is 1. The van der Waals surface area contributed by atoms with Gasteiger partial charge in [-0.2, -0.15) is 0 Å². The number of nitrogens with zero attached hydrogens (tertiary/aromatic N) is 2. The zero-order valence-corrected chi connectivity index (χ0v) is 15.6. The number of hydrogen-bond acceptors (Lipinski definition) is 8. The number of fused-ring (bicyclic) bond motifs is 1. The van der Waals surface area contributed by atoms with E-state index in [0.29, 0.717) is 10.9 Å². The van der Waals surface area contributed by atoms with Crippen molar-refractivity contribution in [2.24, 2.45) is 0 Å². The minimum atomic E-state index is -3.32. The van der Waals surface area contributed by atoms with Gasteiger partial charge in [0.15, 0.2) is 15.0 Å². The topological polar surface area (TPSA) is 116 Å².